The molecule has 0 radical (unpaired) electrons. The predicted octanol–water partition coefficient (Wildman–Crippen LogP) is 3.79. The maximum atomic E-state index is 8.77. The van der Waals surface area contributed by atoms with E-state index in [0.717, 1.165) is 19.4 Å². The Morgan fingerprint density at radius 3 is 2.76 bits per heavy atom. The van der Waals surface area contributed by atoms with Crippen molar-refractivity contribution < 1.29 is 9.94 Å². The lowest BCUT2D eigenvalue weighted by Gasteiger charge is -2.06. The van der Waals surface area contributed by atoms with Crippen LogP contribution in [0.25, 0.3) is 10.1 Å². The van der Waals surface area contributed by atoms with Crippen molar-refractivity contribution in [3.05, 3.63) is 51.2 Å². The van der Waals surface area contributed by atoms with Crippen molar-refractivity contribution >= 4 is 49.8 Å². The molecule has 3 rings (SSSR count). The van der Waals surface area contributed by atoms with E-state index >= 15 is 0 Å². The maximum Gasteiger partial charge on any atom is 0.180 e. The number of pyridine rings is 1. The SMILES string of the molecule is N/C(=N\O)c1cc2c(Oc3ccc(I)cc3)cncc2s1. The van der Waals surface area contributed by atoms with Crippen LogP contribution in [0.2, 0.25) is 0 Å². The Morgan fingerprint density at radius 1 is 1.29 bits per heavy atom. The number of rotatable bonds is 3. The van der Waals surface area contributed by atoms with E-state index in [1.807, 2.05) is 30.3 Å². The first-order valence-corrected chi connectivity index (χ1v) is 7.86. The number of ether oxygens (including phenoxy) is 1. The van der Waals surface area contributed by atoms with Gasteiger partial charge in [-0.1, -0.05) is 5.16 Å². The van der Waals surface area contributed by atoms with Crippen molar-refractivity contribution in [1.82, 2.24) is 4.98 Å². The minimum Gasteiger partial charge on any atom is -0.455 e. The molecule has 0 amide bonds. The summed E-state index contributed by atoms with van der Waals surface area (Å²) in [4.78, 5) is 4.84. The fourth-order valence-corrected chi connectivity index (χ4v) is 3.12. The summed E-state index contributed by atoms with van der Waals surface area (Å²) < 4.78 is 7.93. The molecular weight excluding hydrogens is 401 g/mol. The highest BCUT2D eigenvalue weighted by molar-refractivity contribution is 14.1. The number of nitrogens with two attached hydrogens (primary N) is 1. The predicted molar refractivity (Wildman–Crippen MR) is 91.4 cm³/mol. The first kappa shape index (κ1) is 14.1. The number of benzene rings is 1. The molecule has 0 unspecified atom stereocenters. The van der Waals surface area contributed by atoms with Crippen LogP contribution in [0.1, 0.15) is 4.88 Å². The standard InChI is InChI=1S/C14H10IN3O2S/c15-8-1-3-9(4-2-8)20-11-6-17-7-13-10(11)5-12(21-13)14(16)18-19/h1-7,19H,(H2,16,18). The van der Waals surface area contributed by atoms with E-state index in [4.69, 9.17) is 15.7 Å². The molecule has 21 heavy (non-hydrogen) atoms. The van der Waals surface area contributed by atoms with Gasteiger partial charge in [0.05, 0.1) is 15.8 Å². The van der Waals surface area contributed by atoms with Crippen LogP contribution in [0.4, 0.5) is 0 Å². The second-order valence-electron chi connectivity index (χ2n) is 4.20. The molecule has 0 saturated carbocycles. The Hall–Kier alpha value is -1.87. The molecule has 106 valence electrons. The van der Waals surface area contributed by atoms with Crippen LogP contribution in [0.15, 0.2) is 47.9 Å². The van der Waals surface area contributed by atoms with Crippen LogP contribution in [0.5, 0.6) is 11.5 Å². The number of amidine groups is 1. The third kappa shape index (κ3) is 2.93. The van der Waals surface area contributed by atoms with Crippen molar-refractivity contribution in [1.29, 1.82) is 0 Å². The molecule has 2 aromatic heterocycles. The monoisotopic (exact) mass is 411 g/mol. The summed E-state index contributed by atoms with van der Waals surface area (Å²) in [5.41, 5.74) is 5.63. The Labute approximate surface area is 138 Å². The third-order valence-electron chi connectivity index (χ3n) is 2.81. The van der Waals surface area contributed by atoms with Crippen molar-refractivity contribution in [3.8, 4) is 11.5 Å². The summed E-state index contributed by atoms with van der Waals surface area (Å²) in [7, 11) is 0. The zero-order valence-electron chi connectivity index (χ0n) is 10.7. The summed E-state index contributed by atoms with van der Waals surface area (Å²) in [6, 6.07) is 9.57. The minimum atomic E-state index is 0.0800. The molecule has 7 heteroatoms. The van der Waals surface area contributed by atoms with Crippen LogP contribution in [-0.4, -0.2) is 16.0 Å². The topological polar surface area (TPSA) is 80.7 Å². The third-order valence-corrected chi connectivity index (χ3v) is 4.62. The van der Waals surface area contributed by atoms with E-state index in [1.165, 1.54) is 11.3 Å². The number of hydrogen-bond acceptors (Lipinski definition) is 5. The highest BCUT2D eigenvalue weighted by Gasteiger charge is 2.11. The van der Waals surface area contributed by atoms with Gasteiger partial charge in [0.1, 0.15) is 5.75 Å². The van der Waals surface area contributed by atoms with Gasteiger partial charge in [0.15, 0.2) is 11.6 Å². The highest BCUT2D eigenvalue weighted by atomic mass is 127. The lowest BCUT2D eigenvalue weighted by Crippen LogP contribution is -2.10. The second-order valence-corrected chi connectivity index (χ2v) is 6.53. The van der Waals surface area contributed by atoms with Crippen LogP contribution in [-0.2, 0) is 0 Å². The number of halogens is 1. The van der Waals surface area contributed by atoms with Crippen molar-refractivity contribution in [2.45, 2.75) is 0 Å². The molecule has 0 aliphatic rings. The van der Waals surface area contributed by atoms with Crippen LogP contribution < -0.4 is 10.5 Å². The Kier molecular flexibility index (Phi) is 3.93. The number of oxime groups is 1. The van der Waals surface area contributed by atoms with Gasteiger partial charge >= 0.3 is 0 Å². The second kappa shape index (κ2) is 5.86. The zero-order valence-corrected chi connectivity index (χ0v) is 13.6. The molecule has 0 fully saturated rings. The van der Waals surface area contributed by atoms with Gasteiger partial charge in [-0.15, -0.1) is 11.3 Å². The number of nitrogens with zero attached hydrogens (tertiary/aromatic N) is 2. The van der Waals surface area contributed by atoms with Gasteiger partial charge in [0, 0.05) is 15.2 Å². The fourth-order valence-electron chi connectivity index (χ4n) is 1.82. The Morgan fingerprint density at radius 2 is 2.05 bits per heavy atom. The number of hydrogen-bond donors (Lipinski definition) is 2. The molecule has 1 aromatic carbocycles. The molecule has 0 atom stereocenters. The normalized spacial score (nSPS) is 11.8. The van der Waals surface area contributed by atoms with Crippen molar-refractivity contribution in [3.63, 3.8) is 0 Å². The van der Waals surface area contributed by atoms with Gasteiger partial charge < -0.3 is 15.7 Å². The van der Waals surface area contributed by atoms with Gasteiger partial charge in [0.2, 0.25) is 0 Å². The summed E-state index contributed by atoms with van der Waals surface area (Å²) >= 11 is 3.64. The van der Waals surface area contributed by atoms with Gasteiger partial charge in [-0.2, -0.15) is 0 Å². The molecule has 0 saturated heterocycles. The minimum absolute atomic E-state index is 0.0800. The van der Waals surface area contributed by atoms with Gasteiger partial charge in [0.25, 0.3) is 0 Å². The summed E-state index contributed by atoms with van der Waals surface area (Å²) in [5, 5.41) is 12.7. The van der Waals surface area contributed by atoms with Crippen molar-refractivity contribution in [2.24, 2.45) is 10.9 Å². The smallest absolute Gasteiger partial charge is 0.180 e. The van der Waals surface area contributed by atoms with E-state index in [-0.39, 0.29) is 5.84 Å². The lowest BCUT2D eigenvalue weighted by molar-refractivity contribution is 0.319. The highest BCUT2D eigenvalue weighted by Crippen LogP contribution is 2.34. The number of thiophene rings is 1. The zero-order chi connectivity index (χ0) is 14.8. The quantitative estimate of drug-likeness (QED) is 0.226. The van der Waals surface area contributed by atoms with Gasteiger partial charge in [-0.3, -0.25) is 4.98 Å². The first-order chi connectivity index (χ1) is 10.2. The summed E-state index contributed by atoms with van der Waals surface area (Å²) in [5.74, 6) is 1.46. The average Bonchev–Trinajstić information content (AvgIpc) is 2.94. The largest absolute Gasteiger partial charge is 0.455 e. The first-order valence-electron chi connectivity index (χ1n) is 5.96. The Balaban J connectivity index is 2.02. The van der Waals surface area contributed by atoms with E-state index in [1.54, 1.807) is 12.4 Å². The van der Waals surface area contributed by atoms with Crippen molar-refractivity contribution in [2.75, 3.05) is 0 Å². The van der Waals surface area contributed by atoms with Crippen LogP contribution in [0, 0.1) is 3.57 Å². The average molecular weight is 411 g/mol. The maximum absolute atomic E-state index is 8.77. The molecule has 0 bridgehead atoms. The van der Waals surface area contributed by atoms with Gasteiger partial charge in [-0.25, -0.2) is 0 Å². The van der Waals surface area contributed by atoms with E-state index in [9.17, 15) is 0 Å². The molecule has 5 nitrogen and oxygen atoms in total. The molecule has 3 N–H and O–H groups in total. The Bertz CT molecular complexity index is 815. The summed E-state index contributed by atoms with van der Waals surface area (Å²) in [6.45, 7) is 0. The van der Waals surface area contributed by atoms with Gasteiger partial charge in [-0.05, 0) is 52.9 Å². The molecular formula is C14H10IN3O2S. The molecule has 2 heterocycles. The summed E-state index contributed by atoms with van der Waals surface area (Å²) in [6.07, 6.45) is 3.39. The number of fused-ring (bicyclic) bond motifs is 1. The molecule has 0 aliphatic carbocycles. The van der Waals surface area contributed by atoms with E-state index < -0.39 is 0 Å². The fraction of sp³-hybridized carbons (Fsp3) is 0. The molecule has 3 aromatic rings. The molecule has 0 aliphatic heterocycles. The number of aromatic nitrogens is 1. The van der Waals surface area contributed by atoms with E-state index in [0.29, 0.717) is 10.6 Å². The van der Waals surface area contributed by atoms with Crippen LogP contribution in [0.3, 0.4) is 0 Å². The van der Waals surface area contributed by atoms with E-state index in [2.05, 4.69) is 32.7 Å². The van der Waals surface area contributed by atoms with Crippen LogP contribution >= 0.6 is 33.9 Å². The lowest BCUT2D eigenvalue weighted by atomic mass is 10.3. The molecule has 0 spiro atoms.